The molecular weight excluding hydrogens is 322 g/mol. The third-order valence-electron chi connectivity index (χ3n) is 4.33. The van der Waals surface area contributed by atoms with Crippen molar-refractivity contribution in [1.29, 1.82) is 0 Å². The zero-order valence-corrected chi connectivity index (χ0v) is 15.4. The van der Waals surface area contributed by atoms with Crippen LogP contribution in [0.1, 0.15) is 43.4 Å². The Hall–Kier alpha value is -2.73. The maximum atomic E-state index is 11.8. The van der Waals surface area contributed by atoms with Crippen molar-refractivity contribution in [3.05, 3.63) is 65.2 Å². The summed E-state index contributed by atoms with van der Waals surface area (Å²) in [5.41, 5.74) is 3.12. The van der Waals surface area contributed by atoms with Crippen LogP contribution in [0.4, 0.5) is 0 Å². The summed E-state index contributed by atoms with van der Waals surface area (Å²) in [5, 5.41) is 3.09. The predicted molar refractivity (Wildman–Crippen MR) is 104 cm³/mol. The molecule has 1 aliphatic carbocycles. The number of rotatable bonds is 6. The van der Waals surface area contributed by atoms with Gasteiger partial charge in [0.15, 0.2) is 0 Å². The lowest BCUT2D eigenvalue weighted by Gasteiger charge is -2.13. The van der Waals surface area contributed by atoms with Crippen LogP contribution in [0.3, 0.4) is 0 Å². The molecule has 0 aliphatic heterocycles. The molecule has 1 unspecified atom stereocenters. The van der Waals surface area contributed by atoms with E-state index >= 15 is 0 Å². The van der Waals surface area contributed by atoms with Gasteiger partial charge in [0.05, 0.1) is 6.61 Å². The normalized spacial score (nSPS) is 14.1. The molecule has 0 heterocycles. The summed E-state index contributed by atoms with van der Waals surface area (Å²) < 4.78 is 5.50. The maximum absolute atomic E-state index is 11.8. The van der Waals surface area contributed by atoms with E-state index in [0.29, 0.717) is 6.61 Å². The number of carbonyl (C=O) groups is 1. The predicted octanol–water partition coefficient (Wildman–Crippen LogP) is 3.94. The van der Waals surface area contributed by atoms with Crippen molar-refractivity contribution in [2.45, 2.75) is 39.2 Å². The largest absolute Gasteiger partial charge is 0.494 e. The molecule has 1 amide bonds. The molecule has 0 radical (unpaired) electrons. The van der Waals surface area contributed by atoms with Crippen LogP contribution in [0.25, 0.3) is 0 Å². The lowest BCUT2D eigenvalue weighted by molar-refractivity contribution is -0.122. The van der Waals surface area contributed by atoms with Gasteiger partial charge in [-0.2, -0.15) is 0 Å². The lowest BCUT2D eigenvalue weighted by Crippen LogP contribution is -2.35. The molecule has 1 aliphatic rings. The molecule has 1 atom stereocenters. The molecule has 26 heavy (non-hydrogen) atoms. The van der Waals surface area contributed by atoms with E-state index in [1.807, 2.05) is 43.3 Å². The first-order valence-electron chi connectivity index (χ1n) is 9.28. The van der Waals surface area contributed by atoms with Gasteiger partial charge in [0.25, 0.3) is 0 Å². The molecular formula is C23H25NO2. The van der Waals surface area contributed by atoms with Crippen LogP contribution in [0, 0.1) is 17.8 Å². The van der Waals surface area contributed by atoms with Gasteiger partial charge in [0.1, 0.15) is 5.75 Å². The quantitative estimate of drug-likeness (QED) is 0.804. The van der Waals surface area contributed by atoms with Gasteiger partial charge in [0.2, 0.25) is 5.91 Å². The van der Waals surface area contributed by atoms with Crippen molar-refractivity contribution in [2.75, 3.05) is 6.61 Å². The van der Waals surface area contributed by atoms with E-state index in [2.05, 4.69) is 36.2 Å². The zero-order valence-electron chi connectivity index (χ0n) is 15.4. The Morgan fingerprint density at radius 3 is 2.58 bits per heavy atom. The number of hydrogen-bond acceptors (Lipinski definition) is 2. The molecule has 0 spiro atoms. The van der Waals surface area contributed by atoms with Crippen molar-refractivity contribution in [3.63, 3.8) is 0 Å². The van der Waals surface area contributed by atoms with Crippen molar-refractivity contribution in [2.24, 2.45) is 5.92 Å². The fourth-order valence-electron chi connectivity index (χ4n) is 2.81. The Balaban J connectivity index is 1.57. The zero-order chi connectivity index (χ0) is 18.4. The van der Waals surface area contributed by atoms with E-state index in [1.54, 1.807) is 0 Å². The summed E-state index contributed by atoms with van der Waals surface area (Å²) in [6.07, 6.45) is 2.92. The first kappa shape index (κ1) is 18.1. The number of ether oxygens (including phenoxy) is 1. The first-order valence-corrected chi connectivity index (χ1v) is 9.28. The van der Waals surface area contributed by atoms with E-state index in [1.165, 1.54) is 5.56 Å². The van der Waals surface area contributed by atoms with Crippen LogP contribution in [0.5, 0.6) is 5.75 Å². The van der Waals surface area contributed by atoms with E-state index in [0.717, 1.165) is 36.1 Å². The smallest absolute Gasteiger partial charge is 0.223 e. The third-order valence-corrected chi connectivity index (χ3v) is 4.33. The Morgan fingerprint density at radius 2 is 1.88 bits per heavy atom. The molecule has 1 fully saturated rings. The van der Waals surface area contributed by atoms with Gasteiger partial charge in [0, 0.05) is 23.1 Å². The standard InChI is InChI=1S/C23H25NO2/c1-3-26-22-6-4-5-19(16-22)10-7-18-8-11-20(12-9-18)15-17(2)24-23(25)21-13-14-21/h4-6,8-9,11-12,16-17,21H,3,13-15H2,1-2H3,(H,24,25). The summed E-state index contributed by atoms with van der Waals surface area (Å²) in [6, 6.07) is 16.2. The highest BCUT2D eigenvalue weighted by molar-refractivity contribution is 5.81. The van der Waals surface area contributed by atoms with Crippen LogP contribution in [-0.2, 0) is 11.2 Å². The minimum absolute atomic E-state index is 0.154. The number of hydrogen-bond donors (Lipinski definition) is 1. The Morgan fingerprint density at radius 1 is 1.15 bits per heavy atom. The molecule has 0 bridgehead atoms. The lowest BCUT2D eigenvalue weighted by atomic mass is 10.0. The van der Waals surface area contributed by atoms with Crippen molar-refractivity contribution >= 4 is 5.91 Å². The van der Waals surface area contributed by atoms with E-state index in [-0.39, 0.29) is 17.9 Å². The number of nitrogens with one attached hydrogen (secondary N) is 1. The van der Waals surface area contributed by atoms with Crippen LogP contribution in [-0.4, -0.2) is 18.6 Å². The summed E-state index contributed by atoms with van der Waals surface area (Å²) in [5.74, 6) is 7.68. The molecule has 134 valence electrons. The van der Waals surface area contributed by atoms with Crippen LogP contribution >= 0.6 is 0 Å². The first-order chi connectivity index (χ1) is 12.6. The second-order valence-electron chi connectivity index (χ2n) is 6.80. The fraction of sp³-hybridized carbons (Fsp3) is 0.348. The second-order valence-corrected chi connectivity index (χ2v) is 6.80. The Bertz CT molecular complexity index is 810. The summed E-state index contributed by atoms with van der Waals surface area (Å²) in [7, 11) is 0. The maximum Gasteiger partial charge on any atom is 0.223 e. The van der Waals surface area contributed by atoms with Crippen LogP contribution in [0.2, 0.25) is 0 Å². The number of benzene rings is 2. The number of carbonyl (C=O) groups excluding carboxylic acids is 1. The van der Waals surface area contributed by atoms with Gasteiger partial charge in [-0.1, -0.05) is 30.0 Å². The summed E-state index contributed by atoms with van der Waals surface area (Å²) in [4.78, 5) is 11.8. The van der Waals surface area contributed by atoms with E-state index < -0.39 is 0 Å². The van der Waals surface area contributed by atoms with Crippen molar-refractivity contribution in [1.82, 2.24) is 5.32 Å². The highest BCUT2D eigenvalue weighted by Crippen LogP contribution is 2.28. The Labute approximate surface area is 155 Å². The minimum Gasteiger partial charge on any atom is -0.494 e. The molecule has 0 saturated heterocycles. The monoisotopic (exact) mass is 347 g/mol. The second kappa shape index (κ2) is 8.58. The van der Waals surface area contributed by atoms with Gasteiger partial charge in [-0.05, 0) is 69.0 Å². The molecule has 2 aromatic rings. The SMILES string of the molecule is CCOc1cccc(C#Cc2ccc(CC(C)NC(=O)C3CC3)cc2)c1. The summed E-state index contributed by atoms with van der Waals surface area (Å²) >= 11 is 0. The van der Waals surface area contributed by atoms with Crippen LogP contribution < -0.4 is 10.1 Å². The van der Waals surface area contributed by atoms with Gasteiger partial charge in [-0.3, -0.25) is 4.79 Å². The fourth-order valence-corrected chi connectivity index (χ4v) is 2.81. The van der Waals surface area contributed by atoms with Crippen LogP contribution in [0.15, 0.2) is 48.5 Å². The molecule has 0 aromatic heterocycles. The average molecular weight is 347 g/mol. The van der Waals surface area contributed by atoms with Gasteiger partial charge >= 0.3 is 0 Å². The average Bonchev–Trinajstić information content (AvgIpc) is 3.47. The number of amides is 1. The third kappa shape index (κ3) is 5.39. The molecule has 1 saturated carbocycles. The molecule has 1 N–H and O–H groups in total. The molecule has 2 aromatic carbocycles. The topological polar surface area (TPSA) is 38.3 Å². The molecule has 3 rings (SSSR count). The molecule has 3 nitrogen and oxygen atoms in total. The summed E-state index contributed by atoms with van der Waals surface area (Å²) in [6.45, 7) is 4.68. The van der Waals surface area contributed by atoms with Gasteiger partial charge < -0.3 is 10.1 Å². The van der Waals surface area contributed by atoms with Crippen molar-refractivity contribution < 1.29 is 9.53 Å². The minimum atomic E-state index is 0.154. The van der Waals surface area contributed by atoms with Gasteiger partial charge in [-0.15, -0.1) is 0 Å². The van der Waals surface area contributed by atoms with Crippen molar-refractivity contribution in [3.8, 4) is 17.6 Å². The Kier molecular flexibility index (Phi) is 5.96. The molecule has 3 heteroatoms. The highest BCUT2D eigenvalue weighted by atomic mass is 16.5. The van der Waals surface area contributed by atoms with Gasteiger partial charge in [-0.25, -0.2) is 0 Å². The van der Waals surface area contributed by atoms with E-state index in [9.17, 15) is 4.79 Å². The highest BCUT2D eigenvalue weighted by Gasteiger charge is 2.30. The van der Waals surface area contributed by atoms with E-state index in [4.69, 9.17) is 4.74 Å².